The van der Waals surface area contributed by atoms with Gasteiger partial charge in [-0.25, -0.2) is 4.39 Å². The smallest absolute Gasteiger partial charge is 0.177 e. The van der Waals surface area contributed by atoms with Crippen LogP contribution < -0.4 is 4.90 Å². The van der Waals surface area contributed by atoms with E-state index in [0.717, 1.165) is 36.7 Å². The van der Waals surface area contributed by atoms with Gasteiger partial charge in [0.2, 0.25) is 0 Å². The van der Waals surface area contributed by atoms with Gasteiger partial charge in [0.05, 0.1) is 0 Å². The molecule has 1 fully saturated rings. The molecule has 25 heavy (non-hydrogen) atoms. The van der Waals surface area contributed by atoms with E-state index in [2.05, 4.69) is 38.9 Å². The molecular formula is C18H21FN6. The topological polar surface area (TPSA) is 49.6 Å². The molecule has 0 amide bonds. The van der Waals surface area contributed by atoms with Crippen LogP contribution >= 0.6 is 0 Å². The van der Waals surface area contributed by atoms with E-state index in [9.17, 15) is 4.39 Å². The average Bonchev–Trinajstić information content (AvgIpc) is 3.08. The summed E-state index contributed by atoms with van der Waals surface area (Å²) >= 11 is 0. The van der Waals surface area contributed by atoms with E-state index < -0.39 is 0 Å². The van der Waals surface area contributed by atoms with Crippen molar-refractivity contribution in [3.05, 3.63) is 54.1 Å². The van der Waals surface area contributed by atoms with Crippen molar-refractivity contribution in [3.8, 4) is 0 Å². The lowest BCUT2D eigenvalue weighted by Crippen LogP contribution is -2.52. The van der Waals surface area contributed by atoms with Crippen LogP contribution in [-0.2, 0) is 0 Å². The Morgan fingerprint density at radius 1 is 1.20 bits per heavy atom. The zero-order valence-corrected chi connectivity index (χ0v) is 14.4. The van der Waals surface area contributed by atoms with Gasteiger partial charge in [0.25, 0.3) is 0 Å². The third-order valence-corrected chi connectivity index (χ3v) is 4.98. The van der Waals surface area contributed by atoms with Crippen LogP contribution in [0.2, 0.25) is 0 Å². The Labute approximate surface area is 145 Å². The molecule has 0 radical (unpaired) electrons. The number of halogens is 1. The Morgan fingerprint density at radius 2 is 2.08 bits per heavy atom. The number of fused-ring (bicyclic) bond motifs is 1. The molecule has 1 aliphatic heterocycles. The first kappa shape index (κ1) is 16.0. The zero-order chi connectivity index (χ0) is 17.4. The summed E-state index contributed by atoms with van der Waals surface area (Å²) in [6, 6.07) is 11.3. The van der Waals surface area contributed by atoms with Crippen molar-refractivity contribution in [2.24, 2.45) is 0 Å². The van der Waals surface area contributed by atoms with Crippen molar-refractivity contribution < 1.29 is 4.39 Å². The quantitative estimate of drug-likeness (QED) is 0.733. The average molecular weight is 340 g/mol. The van der Waals surface area contributed by atoms with Crippen molar-refractivity contribution in [3.63, 3.8) is 0 Å². The van der Waals surface area contributed by atoms with Crippen LogP contribution in [0.15, 0.2) is 42.7 Å². The molecule has 6 nitrogen and oxygen atoms in total. The molecule has 3 aromatic rings. The summed E-state index contributed by atoms with van der Waals surface area (Å²) in [6.45, 7) is 7.02. The van der Waals surface area contributed by atoms with Crippen molar-refractivity contribution in [1.82, 2.24) is 24.7 Å². The standard InChI is InChI=1S/C18H21FN6/c1-13-11-23(14(2)15-4-3-5-16(19)10-15)8-9-24(13)18-7-6-17-21-20-12-25(17)22-18/h3-7,10,12-14H,8-9,11H2,1-2H3/t13-,14+/m0/s1. The lowest BCUT2D eigenvalue weighted by atomic mass is 10.0. The maximum atomic E-state index is 13.5. The molecule has 4 rings (SSSR count). The molecule has 0 N–H and O–H groups in total. The molecular weight excluding hydrogens is 319 g/mol. The summed E-state index contributed by atoms with van der Waals surface area (Å²) in [5, 5.41) is 12.5. The molecule has 0 aliphatic carbocycles. The van der Waals surface area contributed by atoms with Crippen LogP contribution in [0.25, 0.3) is 5.65 Å². The minimum absolute atomic E-state index is 0.178. The first-order valence-electron chi connectivity index (χ1n) is 8.55. The molecule has 2 aromatic heterocycles. The van der Waals surface area contributed by atoms with E-state index >= 15 is 0 Å². The van der Waals surface area contributed by atoms with E-state index in [1.54, 1.807) is 23.0 Å². The molecule has 0 saturated carbocycles. The fraction of sp³-hybridized carbons (Fsp3) is 0.389. The second-order valence-electron chi connectivity index (χ2n) is 6.59. The fourth-order valence-electron chi connectivity index (χ4n) is 3.53. The van der Waals surface area contributed by atoms with Gasteiger partial charge in [-0.15, -0.1) is 15.3 Å². The number of piperazine rings is 1. The summed E-state index contributed by atoms with van der Waals surface area (Å²) in [5.74, 6) is 0.750. The summed E-state index contributed by atoms with van der Waals surface area (Å²) < 4.78 is 15.2. The van der Waals surface area contributed by atoms with Gasteiger partial charge in [-0.1, -0.05) is 12.1 Å². The summed E-state index contributed by atoms with van der Waals surface area (Å²) in [5.41, 5.74) is 1.76. The van der Waals surface area contributed by atoms with Crippen LogP contribution in [0.1, 0.15) is 25.5 Å². The van der Waals surface area contributed by atoms with Crippen LogP contribution in [0.3, 0.4) is 0 Å². The monoisotopic (exact) mass is 340 g/mol. The van der Waals surface area contributed by atoms with Gasteiger partial charge < -0.3 is 4.90 Å². The van der Waals surface area contributed by atoms with Crippen molar-refractivity contribution in [1.29, 1.82) is 0 Å². The molecule has 130 valence electrons. The van der Waals surface area contributed by atoms with Gasteiger partial charge in [0, 0.05) is 31.7 Å². The van der Waals surface area contributed by atoms with Crippen molar-refractivity contribution >= 4 is 11.5 Å². The van der Waals surface area contributed by atoms with Crippen molar-refractivity contribution in [2.75, 3.05) is 24.5 Å². The number of benzene rings is 1. The van der Waals surface area contributed by atoms with Gasteiger partial charge in [-0.05, 0) is 43.7 Å². The van der Waals surface area contributed by atoms with Gasteiger partial charge in [0.15, 0.2) is 5.65 Å². The highest BCUT2D eigenvalue weighted by Crippen LogP contribution is 2.26. The molecule has 0 spiro atoms. The lowest BCUT2D eigenvalue weighted by molar-refractivity contribution is 0.175. The van der Waals surface area contributed by atoms with Crippen LogP contribution in [0.4, 0.5) is 10.2 Å². The summed E-state index contributed by atoms with van der Waals surface area (Å²) in [7, 11) is 0. The number of aromatic nitrogens is 4. The third kappa shape index (κ3) is 3.07. The molecule has 0 bridgehead atoms. The maximum Gasteiger partial charge on any atom is 0.177 e. The summed E-state index contributed by atoms with van der Waals surface area (Å²) in [6.07, 6.45) is 1.62. The highest BCUT2D eigenvalue weighted by atomic mass is 19.1. The second-order valence-corrected chi connectivity index (χ2v) is 6.59. The van der Waals surface area contributed by atoms with E-state index in [1.165, 1.54) is 6.07 Å². The SMILES string of the molecule is C[C@H](c1cccc(F)c1)N1CCN(c2ccc3nncn3n2)[C@@H](C)C1. The Hall–Kier alpha value is -2.54. The maximum absolute atomic E-state index is 13.5. The molecule has 1 saturated heterocycles. The number of anilines is 1. The van der Waals surface area contributed by atoms with Gasteiger partial charge in [0.1, 0.15) is 18.0 Å². The molecule has 2 atom stereocenters. The number of hydrogen-bond acceptors (Lipinski definition) is 5. The number of nitrogens with zero attached hydrogens (tertiary/aromatic N) is 6. The first-order valence-corrected chi connectivity index (χ1v) is 8.55. The van der Waals surface area contributed by atoms with Crippen LogP contribution in [0.5, 0.6) is 0 Å². The number of hydrogen-bond donors (Lipinski definition) is 0. The predicted octanol–water partition coefficient (Wildman–Crippen LogP) is 2.54. The highest BCUT2D eigenvalue weighted by Gasteiger charge is 2.28. The highest BCUT2D eigenvalue weighted by molar-refractivity contribution is 5.46. The van der Waals surface area contributed by atoms with Crippen molar-refractivity contribution in [2.45, 2.75) is 25.9 Å². The Balaban J connectivity index is 1.49. The van der Waals surface area contributed by atoms with Gasteiger partial charge >= 0.3 is 0 Å². The molecule has 3 heterocycles. The molecule has 0 unspecified atom stereocenters. The molecule has 1 aliphatic rings. The minimum atomic E-state index is -0.178. The molecule has 1 aromatic carbocycles. The number of rotatable bonds is 3. The van der Waals surface area contributed by atoms with Gasteiger partial charge in [-0.3, -0.25) is 4.90 Å². The van der Waals surface area contributed by atoms with Crippen LogP contribution in [0, 0.1) is 5.82 Å². The largest absolute Gasteiger partial charge is 0.350 e. The van der Waals surface area contributed by atoms with Gasteiger partial charge in [-0.2, -0.15) is 4.52 Å². The third-order valence-electron chi connectivity index (χ3n) is 4.98. The van der Waals surface area contributed by atoms with E-state index in [-0.39, 0.29) is 11.9 Å². The van der Waals surface area contributed by atoms with E-state index in [1.807, 2.05) is 18.2 Å². The predicted molar refractivity (Wildman–Crippen MR) is 94.0 cm³/mol. The van der Waals surface area contributed by atoms with E-state index in [4.69, 9.17) is 0 Å². The van der Waals surface area contributed by atoms with E-state index in [0.29, 0.717) is 6.04 Å². The fourth-order valence-corrected chi connectivity index (χ4v) is 3.53. The Bertz CT molecular complexity index is 879. The molecule has 7 heteroatoms. The first-order chi connectivity index (χ1) is 12.1. The lowest BCUT2D eigenvalue weighted by Gasteiger charge is -2.43. The van der Waals surface area contributed by atoms with Crippen LogP contribution in [-0.4, -0.2) is 50.4 Å². The normalized spacial score (nSPS) is 20.1. The summed E-state index contributed by atoms with van der Waals surface area (Å²) in [4.78, 5) is 4.70. The Kier molecular flexibility index (Phi) is 4.09. The minimum Gasteiger partial charge on any atom is -0.350 e. The zero-order valence-electron chi connectivity index (χ0n) is 14.4. The Morgan fingerprint density at radius 3 is 2.88 bits per heavy atom. The second kappa shape index (κ2) is 6.40.